The predicted molar refractivity (Wildman–Crippen MR) is 111 cm³/mol. The van der Waals surface area contributed by atoms with E-state index in [0.29, 0.717) is 11.6 Å². The molecular weight excluding hydrogens is 440 g/mol. The van der Waals surface area contributed by atoms with Gasteiger partial charge in [0.1, 0.15) is 10.9 Å². The number of aliphatic carboxylic acids is 1. The number of thiocarbonyl (C=S) groups is 1. The summed E-state index contributed by atoms with van der Waals surface area (Å²) in [6, 6.07) is 7.14. The number of rotatable bonds is 7. The summed E-state index contributed by atoms with van der Waals surface area (Å²) in [5.41, 5.74) is 0.723. The van der Waals surface area contributed by atoms with Crippen molar-refractivity contribution in [3.63, 3.8) is 0 Å². The van der Waals surface area contributed by atoms with E-state index in [1.54, 1.807) is 35.2 Å². The Bertz CT molecular complexity index is 1030. The predicted octanol–water partition coefficient (Wildman–Crippen LogP) is 1.83. The molecule has 2 heterocycles. The van der Waals surface area contributed by atoms with Crippen molar-refractivity contribution >= 4 is 56.0 Å². The molecule has 0 saturated carbocycles. The first-order valence-corrected chi connectivity index (χ1v) is 11.2. The van der Waals surface area contributed by atoms with Gasteiger partial charge in [0.25, 0.3) is 16.0 Å². The van der Waals surface area contributed by atoms with E-state index >= 15 is 0 Å². The lowest BCUT2D eigenvalue weighted by atomic mass is 10.2. The number of carboxylic acid groups (broad SMARTS) is 1. The van der Waals surface area contributed by atoms with Gasteiger partial charge in [0.2, 0.25) is 5.88 Å². The third-order valence-corrected chi connectivity index (χ3v) is 6.17. The van der Waals surface area contributed by atoms with Gasteiger partial charge < -0.3 is 14.7 Å². The number of anilines is 1. The summed E-state index contributed by atoms with van der Waals surface area (Å²) >= 11 is 6.04. The van der Waals surface area contributed by atoms with Gasteiger partial charge in [0.15, 0.2) is 5.75 Å². The maximum absolute atomic E-state index is 12.3. The summed E-state index contributed by atoms with van der Waals surface area (Å²) in [5, 5.41) is 8.89. The first-order valence-electron chi connectivity index (χ1n) is 8.33. The minimum absolute atomic E-state index is 0.155. The molecule has 0 aliphatic carbocycles. The zero-order valence-corrected chi connectivity index (χ0v) is 17.3. The van der Waals surface area contributed by atoms with E-state index in [4.69, 9.17) is 26.6 Å². The summed E-state index contributed by atoms with van der Waals surface area (Å²) in [7, 11) is -4.08. The van der Waals surface area contributed by atoms with Crippen LogP contribution in [0.3, 0.4) is 0 Å². The fourth-order valence-electron chi connectivity index (χ4n) is 2.75. The Morgan fingerprint density at radius 1 is 1.24 bits per heavy atom. The molecule has 1 aromatic rings. The molecule has 0 aromatic heterocycles. The molecule has 154 valence electrons. The van der Waals surface area contributed by atoms with Crippen molar-refractivity contribution in [1.82, 2.24) is 4.90 Å². The first kappa shape index (κ1) is 21.3. The highest BCUT2D eigenvalue weighted by molar-refractivity contribution is 8.26. The third kappa shape index (κ3) is 5.15. The van der Waals surface area contributed by atoms with Crippen molar-refractivity contribution in [2.45, 2.75) is 6.42 Å². The Balaban J connectivity index is 1.81. The lowest BCUT2D eigenvalue weighted by Gasteiger charge is -2.17. The lowest BCUT2D eigenvalue weighted by Crippen LogP contribution is -2.33. The molecule has 0 unspecified atom stereocenters. The van der Waals surface area contributed by atoms with E-state index in [0.717, 1.165) is 22.3 Å². The van der Waals surface area contributed by atoms with Gasteiger partial charge in [-0.25, -0.2) is 0 Å². The highest BCUT2D eigenvalue weighted by Gasteiger charge is 2.33. The van der Waals surface area contributed by atoms with Crippen molar-refractivity contribution < 1.29 is 32.4 Å². The standard InChI is InChI=1S/C17H16N2O7S3/c20-15(21)10-19-16(22)13(28-17(19)27)6-7-14-18(8-3-9-29(23,24)25)11-4-1-2-5-12(11)26-14/h1-2,4-7H,3,8-10H2,(H,20,21)(H,23,24,25). The zero-order valence-electron chi connectivity index (χ0n) is 14.8. The molecule has 29 heavy (non-hydrogen) atoms. The number of amides is 1. The van der Waals surface area contributed by atoms with Gasteiger partial charge in [-0.2, -0.15) is 8.42 Å². The number of benzene rings is 1. The Labute approximate surface area is 176 Å². The number of carbonyl (C=O) groups excluding carboxylic acids is 1. The number of para-hydroxylation sites is 2. The van der Waals surface area contributed by atoms with Crippen LogP contribution < -0.4 is 9.64 Å². The summed E-state index contributed by atoms with van der Waals surface area (Å²) in [5.74, 6) is -1.14. The van der Waals surface area contributed by atoms with E-state index in [2.05, 4.69) is 0 Å². The Morgan fingerprint density at radius 3 is 2.66 bits per heavy atom. The molecule has 9 nitrogen and oxygen atoms in total. The monoisotopic (exact) mass is 456 g/mol. The number of allylic oxidation sites excluding steroid dienone is 2. The highest BCUT2D eigenvalue weighted by atomic mass is 32.2. The van der Waals surface area contributed by atoms with Crippen molar-refractivity contribution in [1.29, 1.82) is 0 Å². The number of nitrogens with zero attached hydrogens (tertiary/aromatic N) is 2. The van der Waals surface area contributed by atoms with E-state index < -0.39 is 34.3 Å². The van der Waals surface area contributed by atoms with E-state index in [1.807, 2.05) is 0 Å². The number of fused-ring (bicyclic) bond motifs is 1. The molecule has 0 atom stereocenters. The molecule has 3 rings (SSSR count). The van der Waals surface area contributed by atoms with Crippen molar-refractivity contribution in [2.75, 3.05) is 23.7 Å². The Hall–Kier alpha value is -2.41. The Morgan fingerprint density at radius 2 is 1.97 bits per heavy atom. The fourth-order valence-corrected chi connectivity index (χ4v) is 4.44. The minimum atomic E-state index is -4.08. The van der Waals surface area contributed by atoms with Crippen LogP contribution in [0.5, 0.6) is 5.75 Å². The summed E-state index contributed by atoms with van der Waals surface area (Å²) in [6.07, 6.45) is 3.19. The summed E-state index contributed by atoms with van der Waals surface area (Å²) in [4.78, 5) is 26.2. The average molecular weight is 457 g/mol. The average Bonchev–Trinajstić information content (AvgIpc) is 3.11. The first-order chi connectivity index (χ1) is 13.7. The molecule has 0 bridgehead atoms. The smallest absolute Gasteiger partial charge is 0.323 e. The van der Waals surface area contributed by atoms with Crippen LogP contribution in [0.2, 0.25) is 0 Å². The summed E-state index contributed by atoms with van der Waals surface area (Å²) < 4.78 is 36.9. The number of hydrogen-bond donors (Lipinski definition) is 2. The van der Waals surface area contributed by atoms with Crippen LogP contribution in [0, 0.1) is 0 Å². The molecule has 1 amide bonds. The van der Waals surface area contributed by atoms with Crippen LogP contribution in [0.25, 0.3) is 0 Å². The lowest BCUT2D eigenvalue weighted by molar-refractivity contribution is -0.140. The molecule has 2 aliphatic heterocycles. The topological polar surface area (TPSA) is 124 Å². The highest BCUT2D eigenvalue weighted by Crippen LogP contribution is 2.39. The largest absolute Gasteiger partial charge is 0.480 e. The number of hydrogen-bond acceptors (Lipinski definition) is 8. The molecule has 1 aromatic carbocycles. The van der Waals surface area contributed by atoms with Gasteiger partial charge in [-0.15, -0.1) is 0 Å². The Kier molecular flexibility index (Phi) is 6.27. The van der Waals surface area contributed by atoms with Gasteiger partial charge in [0.05, 0.1) is 16.3 Å². The molecule has 12 heteroatoms. The quantitative estimate of drug-likeness (QED) is 0.357. The van der Waals surface area contributed by atoms with Crippen molar-refractivity contribution in [2.24, 2.45) is 0 Å². The molecule has 0 radical (unpaired) electrons. The fraction of sp³-hybridized carbons (Fsp3) is 0.235. The van der Waals surface area contributed by atoms with E-state index in [9.17, 15) is 18.0 Å². The van der Waals surface area contributed by atoms with Gasteiger partial charge in [-0.3, -0.25) is 19.0 Å². The van der Waals surface area contributed by atoms with Crippen LogP contribution >= 0.6 is 24.0 Å². The van der Waals surface area contributed by atoms with Crippen LogP contribution in [0.4, 0.5) is 5.69 Å². The van der Waals surface area contributed by atoms with Gasteiger partial charge in [-0.05, 0) is 24.6 Å². The second-order valence-electron chi connectivity index (χ2n) is 6.05. The van der Waals surface area contributed by atoms with Crippen molar-refractivity contribution in [3.05, 3.63) is 47.2 Å². The maximum atomic E-state index is 12.3. The number of ether oxygens (including phenoxy) is 1. The third-order valence-electron chi connectivity index (χ3n) is 3.96. The van der Waals surface area contributed by atoms with Crippen LogP contribution in [0.1, 0.15) is 6.42 Å². The molecule has 2 N–H and O–H groups in total. The second kappa shape index (κ2) is 8.53. The van der Waals surface area contributed by atoms with Crippen molar-refractivity contribution in [3.8, 4) is 5.75 Å². The molecular formula is C17H16N2O7S3. The van der Waals surface area contributed by atoms with Gasteiger partial charge in [-0.1, -0.05) is 36.1 Å². The molecule has 1 fully saturated rings. The number of carbonyl (C=O) groups is 2. The molecule has 0 spiro atoms. The normalized spacial score (nSPS) is 19.2. The minimum Gasteiger partial charge on any atom is -0.480 e. The maximum Gasteiger partial charge on any atom is 0.323 e. The van der Waals surface area contributed by atoms with Crippen LogP contribution in [0.15, 0.2) is 47.2 Å². The van der Waals surface area contributed by atoms with Crippen LogP contribution in [-0.4, -0.2) is 58.0 Å². The second-order valence-corrected chi connectivity index (χ2v) is 9.30. The zero-order chi connectivity index (χ0) is 21.2. The van der Waals surface area contributed by atoms with Crippen LogP contribution in [-0.2, 0) is 19.7 Å². The van der Waals surface area contributed by atoms with Gasteiger partial charge >= 0.3 is 5.97 Å². The SMILES string of the molecule is O=C(O)CN1C(=O)C(=CC=C2Oc3ccccc3N2CCCS(=O)(=O)O)SC1=S. The molecule has 1 saturated heterocycles. The van der Waals surface area contributed by atoms with E-state index in [1.165, 1.54) is 6.08 Å². The number of carboxylic acids is 1. The summed E-state index contributed by atoms with van der Waals surface area (Å²) in [6.45, 7) is -0.251. The van der Waals surface area contributed by atoms with E-state index in [-0.39, 0.29) is 22.2 Å². The molecule has 2 aliphatic rings. The van der Waals surface area contributed by atoms with Gasteiger partial charge in [0, 0.05) is 12.6 Å². The number of thioether (sulfide) groups is 1.